The molecule has 25 heteroatoms. The van der Waals surface area contributed by atoms with Gasteiger partial charge in [-0.1, -0.05) is 160 Å². The molecule has 0 aliphatic rings. The van der Waals surface area contributed by atoms with Crippen LogP contribution >= 0.6 is 0 Å². The number of carboxylic acid groups (broad SMARTS) is 4. The molecule has 0 saturated carbocycles. The number of carboxylic acids is 4. The minimum absolute atomic E-state index is 0. The Morgan fingerprint density at radius 3 is 0.371 bits per heavy atom. The fourth-order valence-electron chi connectivity index (χ4n) is 6.63. The molecule has 0 heterocycles. The van der Waals surface area contributed by atoms with E-state index in [0.717, 1.165) is 154 Å². The molecule has 0 rings (SSSR count). The monoisotopic (exact) mass is 1320 g/mol. The van der Waals surface area contributed by atoms with Crippen LogP contribution in [0.2, 0.25) is 0 Å². The van der Waals surface area contributed by atoms with Crippen LogP contribution in [-0.2, 0) is 117 Å². The topological polar surface area (TPSA) is 340 Å². The Labute approximate surface area is 548 Å². The number of aliphatic carboxylic acids is 4. The smallest absolute Gasteiger partial charge is 0.550 e. The van der Waals surface area contributed by atoms with Crippen LogP contribution < -0.4 is 20.4 Å². The average molecular weight is 1320 g/mol. The molecular formula is C64H116O24Ti. The molecule has 520 valence electrons. The first-order chi connectivity index (χ1) is 42.1. The Balaban J connectivity index is -0.000000351. The van der Waals surface area contributed by atoms with Gasteiger partial charge in [0.25, 0.3) is 0 Å². The van der Waals surface area contributed by atoms with E-state index in [1.54, 1.807) is 0 Å². The van der Waals surface area contributed by atoms with Crippen LogP contribution in [-0.4, -0.2) is 150 Å². The second-order valence-corrected chi connectivity index (χ2v) is 20.5. The summed E-state index contributed by atoms with van der Waals surface area (Å²) in [6, 6.07) is 0. The largest absolute Gasteiger partial charge is 4.00 e. The summed E-state index contributed by atoms with van der Waals surface area (Å²) in [6.45, 7) is 27.1. The number of carbonyl (C=O) groups is 8. The zero-order valence-corrected chi connectivity index (χ0v) is 58.1. The van der Waals surface area contributed by atoms with E-state index in [1.807, 2.05) is 83.1 Å². The number of Topliss-reactive ketones (excluding diaryl/α,β-unsaturated/α-hetero) is 4. The third-order valence-electron chi connectivity index (χ3n) is 12.1. The van der Waals surface area contributed by atoms with Gasteiger partial charge in [0.15, 0.2) is 0 Å². The van der Waals surface area contributed by atoms with Crippen LogP contribution in [0.5, 0.6) is 0 Å². The molecule has 0 unspecified atom stereocenters. The van der Waals surface area contributed by atoms with Crippen LogP contribution in [0.25, 0.3) is 0 Å². The van der Waals surface area contributed by atoms with Crippen LogP contribution in [0.3, 0.4) is 0 Å². The van der Waals surface area contributed by atoms with E-state index in [0.29, 0.717) is 0 Å². The first-order valence-corrected chi connectivity index (χ1v) is 32.7. The second-order valence-electron chi connectivity index (χ2n) is 20.5. The van der Waals surface area contributed by atoms with Gasteiger partial charge in [-0.2, -0.15) is 0 Å². The maximum absolute atomic E-state index is 12.3. The normalized spacial score (nSPS) is 11.5. The minimum Gasteiger partial charge on any atom is -0.550 e. The van der Waals surface area contributed by atoms with Gasteiger partial charge in [0.05, 0.1) is 105 Å². The molecule has 0 aromatic carbocycles. The maximum atomic E-state index is 12.3. The van der Waals surface area contributed by atoms with Crippen molar-refractivity contribution < 1.29 is 137 Å². The van der Waals surface area contributed by atoms with E-state index in [1.165, 1.54) is 0 Å². The van der Waals surface area contributed by atoms with E-state index in [4.69, 9.17) is 56.8 Å². The van der Waals surface area contributed by atoms with Crippen LogP contribution in [0.1, 0.15) is 263 Å². The number of ketones is 4. The van der Waals surface area contributed by atoms with E-state index in [9.17, 15) is 58.8 Å². The Hall–Kier alpha value is -3.21. The number of rotatable bonds is 60. The first kappa shape index (κ1) is 94.5. The van der Waals surface area contributed by atoms with Crippen molar-refractivity contribution in [1.29, 1.82) is 0 Å². The van der Waals surface area contributed by atoms with Crippen molar-refractivity contribution in [2.45, 2.75) is 287 Å². The van der Waals surface area contributed by atoms with Gasteiger partial charge in [0.2, 0.25) is 23.1 Å². The summed E-state index contributed by atoms with van der Waals surface area (Å²) in [7, 11) is 0. The molecule has 0 aliphatic heterocycles. The average Bonchev–Trinajstić information content (AvgIpc) is 3.62. The van der Waals surface area contributed by atoms with Crippen molar-refractivity contribution in [2.24, 2.45) is 0 Å². The molecule has 89 heavy (non-hydrogen) atoms. The molecule has 0 aromatic rings. The van der Waals surface area contributed by atoms with Crippen molar-refractivity contribution in [3.63, 3.8) is 0 Å². The summed E-state index contributed by atoms with van der Waals surface area (Å²) in [6.07, 6.45) is 16.2. The van der Waals surface area contributed by atoms with Crippen molar-refractivity contribution in [3.05, 3.63) is 0 Å². The van der Waals surface area contributed by atoms with Crippen molar-refractivity contribution >= 4 is 47.0 Å². The Kier molecular flexibility index (Phi) is 67.5. The van der Waals surface area contributed by atoms with E-state index >= 15 is 0 Å². The number of hydrogen-bond acceptors (Lipinski definition) is 24. The Morgan fingerprint density at radius 1 is 0.213 bits per heavy atom. The van der Waals surface area contributed by atoms with E-state index in [-0.39, 0.29) is 101 Å². The molecule has 0 amide bonds. The zero-order chi connectivity index (χ0) is 67.4. The van der Waals surface area contributed by atoms with Gasteiger partial charge >= 0.3 is 45.6 Å². The van der Waals surface area contributed by atoms with Gasteiger partial charge in [0.1, 0.15) is 0 Å². The molecule has 0 spiro atoms. The molecular weight excluding hydrogens is 1200 g/mol. The molecule has 0 fully saturated rings. The Morgan fingerprint density at radius 2 is 0.303 bits per heavy atom. The number of hydrogen-bond donors (Lipinski definition) is 0. The number of ether oxygens (including phenoxy) is 12. The van der Waals surface area contributed by atoms with Crippen LogP contribution in [0.15, 0.2) is 0 Å². The summed E-state index contributed by atoms with van der Waals surface area (Å²) < 4.78 is 66.5. The van der Waals surface area contributed by atoms with Gasteiger partial charge in [-0.3, -0.25) is 19.2 Å². The van der Waals surface area contributed by atoms with Crippen LogP contribution in [0, 0.1) is 0 Å². The van der Waals surface area contributed by atoms with E-state index in [2.05, 4.69) is 0 Å². The van der Waals surface area contributed by atoms with Gasteiger partial charge < -0.3 is 96.4 Å². The fourth-order valence-corrected chi connectivity index (χ4v) is 6.63. The van der Waals surface area contributed by atoms with Gasteiger partial charge in [-0.15, -0.1) is 0 Å². The van der Waals surface area contributed by atoms with E-state index < -0.39 is 96.6 Å². The molecule has 0 bridgehead atoms. The molecule has 0 N–H and O–H groups in total. The second kappa shape index (κ2) is 63.5. The zero-order valence-electron chi connectivity index (χ0n) is 56.6. The van der Waals surface area contributed by atoms with Crippen LogP contribution in [0.4, 0.5) is 0 Å². The number of unbranched alkanes of at least 4 members (excludes halogenated alkanes) is 12. The predicted molar refractivity (Wildman–Crippen MR) is 320 cm³/mol. The third-order valence-corrected chi connectivity index (χ3v) is 12.1. The predicted octanol–water partition coefficient (Wildman–Crippen LogP) is 7.20. The molecule has 0 saturated heterocycles. The summed E-state index contributed by atoms with van der Waals surface area (Å²) >= 11 is 0. The standard InChI is InChI=1S/4C16H30O6.Ti/c4*1-4-7-10-20-16(21-11-8-5-2,22-12-9-6-3)14(17)13-15(18)19;/h4*4-13H2,1-3H3,(H,18,19);/q;;;;+4/p-4. The fraction of sp³-hybridized carbons (Fsp3) is 0.875. The summed E-state index contributed by atoms with van der Waals surface area (Å²) in [5.41, 5.74) is 0. The third kappa shape index (κ3) is 49.1. The number of carbonyl (C=O) groups excluding carboxylic acids is 8. The molecule has 0 atom stereocenters. The quantitative estimate of drug-likeness (QED) is 0.0251. The summed E-state index contributed by atoms with van der Waals surface area (Å²) in [4.78, 5) is 92.0. The Bertz CT molecular complexity index is 1410. The minimum atomic E-state index is -1.92. The van der Waals surface area contributed by atoms with Gasteiger partial charge in [-0.25, -0.2) is 0 Å². The first-order valence-electron chi connectivity index (χ1n) is 32.7. The van der Waals surface area contributed by atoms with Crippen molar-refractivity contribution in [2.75, 3.05) is 79.3 Å². The van der Waals surface area contributed by atoms with Crippen molar-refractivity contribution in [1.82, 2.24) is 0 Å². The molecule has 24 nitrogen and oxygen atoms in total. The summed E-state index contributed by atoms with van der Waals surface area (Å²) in [5.74, 6) is -16.5. The van der Waals surface area contributed by atoms with Gasteiger partial charge in [-0.05, 0) is 77.0 Å². The van der Waals surface area contributed by atoms with Crippen molar-refractivity contribution in [3.8, 4) is 0 Å². The molecule has 0 radical (unpaired) electrons. The molecule has 0 aromatic heterocycles. The molecule has 0 aliphatic carbocycles. The SMILES string of the molecule is CCCCOC(OCCCC)(OCCCC)C(=O)CC(=O)[O-].CCCCOC(OCCCC)(OCCCC)C(=O)CC(=O)[O-].CCCCOC(OCCCC)(OCCCC)C(=O)CC(=O)[O-].CCCCOC(OCCCC)(OCCCC)C(=O)CC(=O)[O-].[Ti+4]. The summed E-state index contributed by atoms with van der Waals surface area (Å²) in [5, 5.41) is 43.0. The maximum Gasteiger partial charge on any atom is 4.00 e. The van der Waals surface area contributed by atoms with Gasteiger partial charge in [0, 0.05) is 23.9 Å².